The molecule has 3 aromatic rings. The molecule has 0 aliphatic rings. The van der Waals surface area contributed by atoms with Crippen LogP contribution < -0.4 is 5.32 Å². The van der Waals surface area contributed by atoms with Crippen LogP contribution in [0.3, 0.4) is 0 Å². The predicted octanol–water partition coefficient (Wildman–Crippen LogP) is 3.28. The number of amides is 1. The summed E-state index contributed by atoms with van der Waals surface area (Å²) in [5.74, 6) is -0.291. The molecular formula is C11H7Cl2N5OS. The highest BCUT2D eigenvalue weighted by Gasteiger charge is 2.17. The molecule has 9 heteroatoms. The van der Waals surface area contributed by atoms with Gasteiger partial charge in [0.15, 0.2) is 10.8 Å². The summed E-state index contributed by atoms with van der Waals surface area (Å²) in [4.78, 5) is 27.4. The third-order valence-corrected chi connectivity index (χ3v) is 4.54. The molecule has 0 aliphatic heterocycles. The summed E-state index contributed by atoms with van der Waals surface area (Å²) in [5.41, 5.74) is 1.76. The van der Waals surface area contributed by atoms with Crippen molar-refractivity contribution < 1.29 is 4.79 Å². The summed E-state index contributed by atoms with van der Waals surface area (Å²) >= 11 is 13.3. The predicted molar refractivity (Wildman–Crippen MR) is 78.7 cm³/mol. The minimum Gasteiger partial charge on any atom is -0.341 e. The first-order valence-electron chi connectivity index (χ1n) is 5.48. The van der Waals surface area contributed by atoms with Crippen LogP contribution in [0.5, 0.6) is 0 Å². The molecule has 6 nitrogen and oxygen atoms in total. The van der Waals surface area contributed by atoms with Crippen LogP contribution >= 0.6 is 34.5 Å². The Balaban J connectivity index is 1.93. The number of nitrogens with one attached hydrogen (secondary N) is 2. The number of nitrogens with zero attached hydrogens (tertiary/aromatic N) is 3. The number of hydrogen-bond acceptors (Lipinski definition) is 5. The lowest BCUT2D eigenvalue weighted by Crippen LogP contribution is -2.13. The van der Waals surface area contributed by atoms with E-state index in [0.717, 1.165) is 5.56 Å². The number of hydrogen-bond donors (Lipinski definition) is 2. The Morgan fingerprint density at radius 2 is 2.20 bits per heavy atom. The fourth-order valence-corrected chi connectivity index (χ4v) is 2.99. The van der Waals surface area contributed by atoms with Gasteiger partial charge in [-0.05, 0) is 17.9 Å². The van der Waals surface area contributed by atoms with E-state index in [2.05, 4.69) is 25.3 Å². The summed E-state index contributed by atoms with van der Waals surface area (Å²) < 4.78 is 0. The molecule has 0 saturated carbocycles. The smallest absolute Gasteiger partial charge is 0.269 e. The molecule has 102 valence electrons. The number of H-pyrrole nitrogens is 1. The second-order valence-electron chi connectivity index (χ2n) is 3.96. The summed E-state index contributed by atoms with van der Waals surface area (Å²) in [5, 5.41) is 4.99. The Morgan fingerprint density at radius 3 is 2.90 bits per heavy atom. The molecule has 0 radical (unpaired) electrons. The lowest BCUT2D eigenvalue weighted by molar-refractivity contribution is 0.103. The molecule has 0 aliphatic carbocycles. The molecule has 0 aromatic carbocycles. The molecule has 2 N–H and O–H groups in total. The number of aromatic nitrogens is 4. The monoisotopic (exact) mass is 327 g/mol. The fraction of sp³-hybridized carbons (Fsp3) is 0.0909. The van der Waals surface area contributed by atoms with Gasteiger partial charge in [0.2, 0.25) is 5.95 Å². The van der Waals surface area contributed by atoms with Crippen LogP contribution in [0.25, 0.3) is 11.2 Å². The van der Waals surface area contributed by atoms with E-state index in [-0.39, 0.29) is 17.0 Å². The minimum atomic E-state index is -0.376. The van der Waals surface area contributed by atoms with E-state index in [9.17, 15) is 4.79 Å². The summed E-state index contributed by atoms with van der Waals surface area (Å²) in [7, 11) is 0. The number of rotatable bonds is 2. The maximum Gasteiger partial charge on any atom is 0.269 e. The number of halogens is 2. The Kier molecular flexibility index (Phi) is 3.33. The maximum atomic E-state index is 12.1. The van der Waals surface area contributed by atoms with Crippen molar-refractivity contribution in [1.29, 1.82) is 0 Å². The normalized spacial score (nSPS) is 10.9. The summed E-state index contributed by atoms with van der Waals surface area (Å²) in [6.07, 6.45) is 1.45. The Morgan fingerprint density at radius 1 is 1.40 bits per heavy atom. The van der Waals surface area contributed by atoms with E-state index in [4.69, 9.17) is 23.2 Å². The van der Waals surface area contributed by atoms with Gasteiger partial charge in [-0.2, -0.15) is 9.97 Å². The van der Waals surface area contributed by atoms with E-state index in [1.165, 1.54) is 17.7 Å². The Hall–Kier alpha value is -1.70. The van der Waals surface area contributed by atoms with Crippen molar-refractivity contribution in [3.05, 3.63) is 32.3 Å². The molecule has 0 bridgehead atoms. The summed E-state index contributed by atoms with van der Waals surface area (Å²) in [6, 6.07) is 0. The lowest BCUT2D eigenvalue weighted by atomic mass is 10.3. The average molecular weight is 328 g/mol. The van der Waals surface area contributed by atoms with Crippen molar-refractivity contribution in [2.75, 3.05) is 5.32 Å². The van der Waals surface area contributed by atoms with Gasteiger partial charge in [-0.1, -0.05) is 23.2 Å². The van der Waals surface area contributed by atoms with Gasteiger partial charge in [-0.3, -0.25) is 10.1 Å². The molecular weight excluding hydrogens is 321 g/mol. The number of aryl methyl sites for hydroxylation is 1. The molecule has 0 atom stereocenters. The zero-order valence-electron chi connectivity index (χ0n) is 10.1. The van der Waals surface area contributed by atoms with E-state index >= 15 is 0 Å². The Labute approximate surface area is 127 Å². The number of imidazole rings is 1. The third-order valence-electron chi connectivity index (χ3n) is 2.57. The van der Waals surface area contributed by atoms with Gasteiger partial charge in [0.25, 0.3) is 5.91 Å². The van der Waals surface area contributed by atoms with Crippen LogP contribution in [-0.4, -0.2) is 25.8 Å². The van der Waals surface area contributed by atoms with Gasteiger partial charge in [0.05, 0.1) is 11.3 Å². The first-order valence-corrected chi connectivity index (χ1v) is 7.11. The second-order valence-corrected chi connectivity index (χ2v) is 5.57. The van der Waals surface area contributed by atoms with Crippen molar-refractivity contribution in [2.24, 2.45) is 0 Å². The van der Waals surface area contributed by atoms with Crippen LogP contribution in [0.1, 0.15) is 15.2 Å². The molecule has 0 fully saturated rings. The first kappa shape index (κ1) is 13.3. The highest BCUT2D eigenvalue weighted by atomic mass is 35.5. The van der Waals surface area contributed by atoms with Crippen molar-refractivity contribution in [3.63, 3.8) is 0 Å². The van der Waals surface area contributed by atoms with Crippen LogP contribution in [-0.2, 0) is 0 Å². The third kappa shape index (κ3) is 2.24. The van der Waals surface area contributed by atoms with Crippen molar-refractivity contribution in [2.45, 2.75) is 6.92 Å². The lowest BCUT2D eigenvalue weighted by Gasteiger charge is -2.03. The number of fused-ring (bicyclic) bond motifs is 1. The summed E-state index contributed by atoms with van der Waals surface area (Å²) in [6.45, 7) is 1.83. The number of aromatic amines is 1. The molecule has 3 aromatic heterocycles. The number of thiophene rings is 1. The second kappa shape index (κ2) is 5.01. The van der Waals surface area contributed by atoms with Crippen LogP contribution in [0.15, 0.2) is 11.7 Å². The number of carbonyl (C=O) groups excluding carboxylic acids is 1. The first-order chi connectivity index (χ1) is 9.56. The number of carbonyl (C=O) groups is 1. The van der Waals surface area contributed by atoms with Crippen LogP contribution in [0.2, 0.25) is 10.2 Å². The van der Waals surface area contributed by atoms with E-state index < -0.39 is 0 Å². The van der Waals surface area contributed by atoms with Crippen LogP contribution in [0, 0.1) is 6.92 Å². The van der Waals surface area contributed by atoms with E-state index in [1.807, 2.05) is 12.3 Å². The quantitative estimate of drug-likeness (QED) is 0.707. The van der Waals surface area contributed by atoms with Crippen molar-refractivity contribution in [3.8, 4) is 0 Å². The highest BCUT2D eigenvalue weighted by molar-refractivity contribution is 7.13. The zero-order chi connectivity index (χ0) is 14.3. The van der Waals surface area contributed by atoms with E-state index in [0.29, 0.717) is 21.1 Å². The molecule has 1 amide bonds. The molecule has 20 heavy (non-hydrogen) atoms. The van der Waals surface area contributed by atoms with Gasteiger partial charge in [0, 0.05) is 0 Å². The zero-order valence-corrected chi connectivity index (χ0v) is 12.4. The molecule has 0 unspecified atom stereocenters. The van der Waals surface area contributed by atoms with Gasteiger partial charge in [-0.25, -0.2) is 4.98 Å². The van der Waals surface area contributed by atoms with Gasteiger partial charge >= 0.3 is 0 Å². The van der Waals surface area contributed by atoms with Gasteiger partial charge in [0.1, 0.15) is 10.4 Å². The molecule has 0 saturated heterocycles. The standard InChI is InChI=1S/C11H7Cl2N5OS/c1-4-2-20-7(5(4)12)10(19)18-11-16-8(13)6-9(17-11)15-3-14-6/h2-3H,1H3,(H2,14,15,16,17,18,19). The Bertz CT molecular complexity index is 812. The van der Waals surface area contributed by atoms with Crippen molar-refractivity contribution in [1.82, 2.24) is 19.9 Å². The van der Waals surface area contributed by atoms with Crippen LogP contribution in [0.4, 0.5) is 5.95 Å². The van der Waals surface area contributed by atoms with E-state index in [1.54, 1.807) is 0 Å². The topological polar surface area (TPSA) is 83.6 Å². The highest BCUT2D eigenvalue weighted by Crippen LogP contribution is 2.28. The van der Waals surface area contributed by atoms with Gasteiger partial charge < -0.3 is 4.98 Å². The van der Waals surface area contributed by atoms with Crippen molar-refractivity contribution >= 4 is 57.6 Å². The largest absolute Gasteiger partial charge is 0.341 e. The number of anilines is 1. The molecule has 3 rings (SSSR count). The SMILES string of the molecule is Cc1csc(C(=O)Nc2nc(Cl)c3[nH]cnc3n2)c1Cl. The maximum absolute atomic E-state index is 12.1. The molecule has 3 heterocycles. The average Bonchev–Trinajstić information content (AvgIpc) is 2.98. The minimum absolute atomic E-state index is 0.0849. The molecule has 0 spiro atoms. The van der Waals surface area contributed by atoms with Gasteiger partial charge in [-0.15, -0.1) is 11.3 Å². The fourth-order valence-electron chi connectivity index (χ4n) is 1.60.